The molecule has 118 valence electrons. The van der Waals surface area contributed by atoms with Gasteiger partial charge in [-0.1, -0.05) is 25.3 Å². The van der Waals surface area contributed by atoms with Crippen molar-refractivity contribution in [1.29, 1.82) is 0 Å². The Hall–Kier alpha value is -2.24. The van der Waals surface area contributed by atoms with Crippen LogP contribution in [0.2, 0.25) is 0 Å². The molecule has 0 atom stereocenters. The van der Waals surface area contributed by atoms with Crippen LogP contribution in [0.4, 0.5) is 5.82 Å². The lowest BCUT2D eigenvalue weighted by molar-refractivity contribution is -0.126. The largest absolute Gasteiger partial charge is 0.310 e. The summed E-state index contributed by atoms with van der Waals surface area (Å²) in [4.78, 5) is 27.8. The zero-order valence-corrected chi connectivity index (χ0v) is 12.8. The van der Waals surface area contributed by atoms with Gasteiger partial charge in [0.2, 0.25) is 11.8 Å². The maximum Gasteiger partial charge on any atom is 0.243 e. The van der Waals surface area contributed by atoms with Crippen molar-refractivity contribution in [2.45, 2.75) is 45.4 Å². The smallest absolute Gasteiger partial charge is 0.243 e. The third-order valence-electron chi connectivity index (χ3n) is 3.68. The van der Waals surface area contributed by atoms with Gasteiger partial charge >= 0.3 is 0 Å². The lowest BCUT2D eigenvalue weighted by atomic mass is 9.89. The summed E-state index contributed by atoms with van der Waals surface area (Å²) in [5.74, 6) is 0.329. The number of carbonyl (C=O) groups excluding carboxylic acids is 2. The Morgan fingerprint density at radius 3 is 2.73 bits per heavy atom. The Balaban J connectivity index is 1.77. The lowest BCUT2D eigenvalue weighted by Gasteiger charge is -2.19. The zero-order valence-electron chi connectivity index (χ0n) is 12.8. The molecule has 0 saturated heterocycles. The minimum Gasteiger partial charge on any atom is -0.310 e. The van der Waals surface area contributed by atoms with E-state index in [0.29, 0.717) is 11.5 Å². The maximum absolute atomic E-state index is 12.0. The Morgan fingerprint density at radius 1 is 1.27 bits per heavy atom. The quantitative estimate of drug-likeness (QED) is 0.647. The SMILES string of the molecule is C/C(CC(=O)Nc1ccccn1)=N/NC(=O)C1CCCCC1. The third kappa shape index (κ3) is 5.27. The predicted molar refractivity (Wildman–Crippen MR) is 85.3 cm³/mol. The molecule has 0 aromatic carbocycles. The summed E-state index contributed by atoms with van der Waals surface area (Å²) in [5.41, 5.74) is 3.14. The number of pyridine rings is 1. The number of hydrogen-bond donors (Lipinski definition) is 2. The van der Waals surface area contributed by atoms with Gasteiger partial charge in [0.25, 0.3) is 0 Å². The molecule has 0 unspecified atom stereocenters. The number of amides is 2. The molecule has 1 aromatic rings. The van der Waals surface area contributed by atoms with Crippen LogP contribution < -0.4 is 10.7 Å². The van der Waals surface area contributed by atoms with E-state index in [0.717, 1.165) is 25.7 Å². The van der Waals surface area contributed by atoms with E-state index in [2.05, 4.69) is 20.8 Å². The molecule has 2 rings (SSSR count). The van der Waals surface area contributed by atoms with Crippen LogP contribution in [-0.2, 0) is 9.59 Å². The molecule has 0 radical (unpaired) electrons. The van der Waals surface area contributed by atoms with Crippen molar-refractivity contribution in [2.75, 3.05) is 5.32 Å². The van der Waals surface area contributed by atoms with Crippen LogP contribution in [0.25, 0.3) is 0 Å². The minimum atomic E-state index is -0.202. The van der Waals surface area contributed by atoms with E-state index in [1.54, 1.807) is 31.3 Å². The van der Waals surface area contributed by atoms with E-state index in [9.17, 15) is 9.59 Å². The van der Waals surface area contributed by atoms with Crippen molar-refractivity contribution in [3.05, 3.63) is 24.4 Å². The second-order valence-corrected chi connectivity index (χ2v) is 5.60. The number of nitrogens with one attached hydrogen (secondary N) is 2. The minimum absolute atomic E-state index is 0.0378. The van der Waals surface area contributed by atoms with Gasteiger partial charge in [0, 0.05) is 17.8 Å². The van der Waals surface area contributed by atoms with Crippen LogP contribution in [0.1, 0.15) is 45.4 Å². The Labute approximate surface area is 130 Å². The fraction of sp³-hybridized carbons (Fsp3) is 0.500. The number of anilines is 1. The summed E-state index contributed by atoms with van der Waals surface area (Å²) >= 11 is 0. The number of carbonyl (C=O) groups is 2. The first kappa shape index (κ1) is 16.1. The summed E-state index contributed by atoms with van der Waals surface area (Å²) in [5, 5.41) is 6.70. The normalized spacial score (nSPS) is 16.1. The Bertz CT molecular complexity index is 536. The standard InChI is InChI=1S/C16H22N4O2/c1-12(11-15(21)18-14-9-5-6-10-17-14)19-20-16(22)13-7-3-2-4-8-13/h5-6,9-10,13H,2-4,7-8,11H2,1H3,(H,20,22)(H,17,18,21)/b19-12-. The Kier molecular flexibility index (Phi) is 6.06. The van der Waals surface area contributed by atoms with Crippen LogP contribution in [-0.4, -0.2) is 22.5 Å². The van der Waals surface area contributed by atoms with Crippen molar-refractivity contribution in [1.82, 2.24) is 10.4 Å². The van der Waals surface area contributed by atoms with E-state index in [1.807, 2.05) is 0 Å². The lowest BCUT2D eigenvalue weighted by Crippen LogP contribution is -2.29. The first-order valence-electron chi connectivity index (χ1n) is 7.69. The molecule has 0 aliphatic heterocycles. The zero-order chi connectivity index (χ0) is 15.8. The number of hydrazone groups is 1. The van der Waals surface area contributed by atoms with Crippen LogP contribution in [0.5, 0.6) is 0 Å². The Morgan fingerprint density at radius 2 is 2.05 bits per heavy atom. The average molecular weight is 302 g/mol. The van der Waals surface area contributed by atoms with Crippen molar-refractivity contribution in [2.24, 2.45) is 11.0 Å². The molecule has 6 nitrogen and oxygen atoms in total. The fourth-order valence-corrected chi connectivity index (χ4v) is 2.50. The molecule has 1 aromatic heterocycles. The van der Waals surface area contributed by atoms with E-state index >= 15 is 0 Å². The predicted octanol–water partition coefficient (Wildman–Crippen LogP) is 2.48. The molecule has 2 N–H and O–H groups in total. The summed E-state index contributed by atoms with van der Waals surface area (Å²) in [6.07, 6.45) is 7.02. The molecule has 1 heterocycles. The molecule has 22 heavy (non-hydrogen) atoms. The molecular weight excluding hydrogens is 280 g/mol. The van der Waals surface area contributed by atoms with Crippen molar-refractivity contribution < 1.29 is 9.59 Å². The molecular formula is C16H22N4O2. The number of nitrogens with zero attached hydrogens (tertiary/aromatic N) is 2. The molecule has 1 aliphatic carbocycles. The second-order valence-electron chi connectivity index (χ2n) is 5.60. The van der Waals surface area contributed by atoms with Gasteiger partial charge in [0.15, 0.2) is 0 Å². The van der Waals surface area contributed by atoms with Crippen LogP contribution in [0, 0.1) is 5.92 Å². The van der Waals surface area contributed by atoms with E-state index < -0.39 is 0 Å². The fourth-order valence-electron chi connectivity index (χ4n) is 2.50. The van der Waals surface area contributed by atoms with Gasteiger partial charge in [-0.25, -0.2) is 10.4 Å². The third-order valence-corrected chi connectivity index (χ3v) is 3.68. The molecule has 1 aliphatic rings. The summed E-state index contributed by atoms with van der Waals surface area (Å²) < 4.78 is 0. The second kappa shape index (κ2) is 8.26. The highest BCUT2D eigenvalue weighted by Crippen LogP contribution is 2.23. The number of rotatable bonds is 5. The first-order chi connectivity index (χ1) is 10.6. The molecule has 6 heteroatoms. The molecule has 0 bridgehead atoms. The van der Waals surface area contributed by atoms with Crippen LogP contribution >= 0.6 is 0 Å². The monoisotopic (exact) mass is 302 g/mol. The van der Waals surface area contributed by atoms with Crippen molar-refractivity contribution >= 4 is 23.3 Å². The highest BCUT2D eigenvalue weighted by Gasteiger charge is 2.20. The summed E-state index contributed by atoms with van der Waals surface area (Å²) in [7, 11) is 0. The van der Waals surface area contributed by atoms with E-state index in [1.165, 1.54) is 6.42 Å². The van der Waals surface area contributed by atoms with Gasteiger partial charge in [-0.3, -0.25) is 9.59 Å². The van der Waals surface area contributed by atoms with Gasteiger partial charge in [0.1, 0.15) is 5.82 Å². The van der Waals surface area contributed by atoms with Gasteiger partial charge in [0.05, 0.1) is 6.42 Å². The number of hydrogen-bond acceptors (Lipinski definition) is 4. The maximum atomic E-state index is 12.0. The van der Waals surface area contributed by atoms with E-state index in [4.69, 9.17) is 0 Å². The van der Waals surface area contributed by atoms with Gasteiger partial charge in [-0.05, 0) is 31.9 Å². The van der Waals surface area contributed by atoms with Crippen molar-refractivity contribution in [3.8, 4) is 0 Å². The molecule has 2 amide bonds. The van der Waals surface area contributed by atoms with Crippen LogP contribution in [0.3, 0.4) is 0 Å². The number of aromatic nitrogens is 1. The van der Waals surface area contributed by atoms with Gasteiger partial charge < -0.3 is 5.32 Å². The molecule has 1 saturated carbocycles. The van der Waals surface area contributed by atoms with Gasteiger partial charge in [-0.2, -0.15) is 5.10 Å². The summed E-state index contributed by atoms with van der Waals surface area (Å²) in [6, 6.07) is 5.30. The summed E-state index contributed by atoms with van der Waals surface area (Å²) in [6.45, 7) is 1.72. The molecule has 0 spiro atoms. The van der Waals surface area contributed by atoms with Crippen LogP contribution in [0.15, 0.2) is 29.5 Å². The topological polar surface area (TPSA) is 83.4 Å². The molecule has 1 fully saturated rings. The van der Waals surface area contributed by atoms with E-state index in [-0.39, 0.29) is 24.2 Å². The first-order valence-corrected chi connectivity index (χ1v) is 7.69. The highest BCUT2D eigenvalue weighted by atomic mass is 16.2. The highest BCUT2D eigenvalue weighted by molar-refractivity contribution is 6.05. The van der Waals surface area contributed by atoms with Crippen molar-refractivity contribution in [3.63, 3.8) is 0 Å². The van der Waals surface area contributed by atoms with Gasteiger partial charge in [-0.15, -0.1) is 0 Å². The average Bonchev–Trinajstić information content (AvgIpc) is 2.54.